The van der Waals surface area contributed by atoms with Crippen molar-refractivity contribution >= 4 is 11.7 Å². The quantitative estimate of drug-likeness (QED) is 0.841. The molecule has 2 aliphatic rings. The van der Waals surface area contributed by atoms with Crippen LogP contribution < -0.4 is 0 Å². The zero-order valence-electron chi connectivity index (χ0n) is 15.0. The number of nitrogens with one attached hydrogen (secondary N) is 1. The van der Waals surface area contributed by atoms with Crippen LogP contribution in [-0.2, 0) is 0 Å². The topological polar surface area (TPSA) is 56.4 Å². The number of hydrogen-bond donors (Lipinski definition) is 1. The Morgan fingerprint density at radius 3 is 2.58 bits per heavy atom. The predicted octanol–water partition coefficient (Wildman–Crippen LogP) is 3.27. The first-order chi connectivity index (χ1) is 12.7. The van der Waals surface area contributed by atoms with Crippen LogP contribution in [0, 0.1) is 0 Å². The lowest BCUT2D eigenvalue weighted by Crippen LogP contribution is -2.29. The van der Waals surface area contributed by atoms with E-state index < -0.39 is 0 Å². The van der Waals surface area contributed by atoms with E-state index in [0.717, 1.165) is 45.3 Å². The SMILES string of the molecule is O=C(CN1CCC[C@H]1c1ccccc1)c1c[nH]c(C(=O)N2CCCC2)c1. The molecule has 0 aliphatic carbocycles. The van der Waals surface area contributed by atoms with Gasteiger partial charge in [0.25, 0.3) is 5.91 Å². The van der Waals surface area contributed by atoms with Crippen LogP contribution in [0.15, 0.2) is 42.6 Å². The first-order valence-corrected chi connectivity index (χ1v) is 9.52. The summed E-state index contributed by atoms with van der Waals surface area (Å²) in [5.74, 6) is 0.0782. The van der Waals surface area contributed by atoms with Gasteiger partial charge in [-0.05, 0) is 43.9 Å². The molecule has 1 atom stereocenters. The smallest absolute Gasteiger partial charge is 0.270 e. The standard InChI is InChI=1S/C21H25N3O2/c25-20(15-24-12-6-9-19(24)16-7-2-1-3-8-16)17-13-18(22-14-17)21(26)23-10-4-5-11-23/h1-3,7-8,13-14,19,22H,4-6,9-12,15H2/t19-/m0/s1. The number of rotatable bonds is 5. The van der Waals surface area contributed by atoms with Crippen molar-refractivity contribution in [2.45, 2.75) is 31.7 Å². The molecule has 0 unspecified atom stereocenters. The molecule has 1 aromatic heterocycles. The van der Waals surface area contributed by atoms with Crippen molar-refractivity contribution < 1.29 is 9.59 Å². The third kappa shape index (κ3) is 3.44. The number of Topliss-reactive ketones (excluding diaryl/α,β-unsaturated/α-hetero) is 1. The monoisotopic (exact) mass is 351 g/mol. The van der Waals surface area contributed by atoms with Gasteiger partial charge in [-0.15, -0.1) is 0 Å². The highest BCUT2D eigenvalue weighted by atomic mass is 16.2. The van der Waals surface area contributed by atoms with Gasteiger partial charge in [-0.2, -0.15) is 0 Å². The van der Waals surface area contributed by atoms with Crippen LogP contribution in [0.25, 0.3) is 0 Å². The van der Waals surface area contributed by atoms with Crippen LogP contribution >= 0.6 is 0 Å². The molecule has 0 bridgehead atoms. The number of aromatic nitrogens is 1. The predicted molar refractivity (Wildman–Crippen MR) is 100 cm³/mol. The fraction of sp³-hybridized carbons (Fsp3) is 0.429. The van der Waals surface area contributed by atoms with Crippen LogP contribution in [-0.4, -0.2) is 52.7 Å². The van der Waals surface area contributed by atoms with Crippen molar-refractivity contribution in [3.63, 3.8) is 0 Å². The number of H-pyrrole nitrogens is 1. The van der Waals surface area contributed by atoms with Crippen LogP contribution in [0.1, 0.15) is 58.1 Å². The summed E-state index contributed by atoms with van der Waals surface area (Å²) >= 11 is 0. The van der Waals surface area contributed by atoms with Gasteiger partial charge in [0.05, 0.1) is 6.54 Å². The molecule has 5 nitrogen and oxygen atoms in total. The molecule has 2 aromatic rings. The highest BCUT2D eigenvalue weighted by molar-refractivity contribution is 6.01. The van der Waals surface area contributed by atoms with Gasteiger partial charge in [-0.3, -0.25) is 14.5 Å². The summed E-state index contributed by atoms with van der Waals surface area (Å²) in [6.45, 7) is 2.96. The van der Waals surface area contributed by atoms with Crippen LogP contribution in [0.3, 0.4) is 0 Å². The second-order valence-corrected chi connectivity index (χ2v) is 7.26. The molecule has 1 aromatic carbocycles. The van der Waals surface area contributed by atoms with Gasteiger partial charge in [-0.1, -0.05) is 30.3 Å². The van der Waals surface area contributed by atoms with E-state index in [1.807, 2.05) is 11.0 Å². The van der Waals surface area contributed by atoms with E-state index >= 15 is 0 Å². The largest absolute Gasteiger partial charge is 0.356 e. The third-order valence-electron chi connectivity index (χ3n) is 5.52. The molecule has 0 radical (unpaired) electrons. The van der Waals surface area contributed by atoms with E-state index in [4.69, 9.17) is 0 Å². The molecule has 5 heteroatoms. The molecule has 1 amide bonds. The number of benzene rings is 1. The molecule has 0 spiro atoms. The Bertz CT molecular complexity index is 778. The number of hydrogen-bond acceptors (Lipinski definition) is 3. The molecule has 3 heterocycles. The second-order valence-electron chi connectivity index (χ2n) is 7.26. The summed E-state index contributed by atoms with van der Waals surface area (Å²) in [7, 11) is 0. The highest BCUT2D eigenvalue weighted by Crippen LogP contribution is 2.31. The fourth-order valence-corrected chi connectivity index (χ4v) is 4.11. The molecular weight excluding hydrogens is 326 g/mol. The van der Waals surface area contributed by atoms with Crippen molar-refractivity contribution in [1.82, 2.24) is 14.8 Å². The molecule has 2 fully saturated rings. The maximum atomic E-state index is 12.7. The van der Waals surface area contributed by atoms with Crippen molar-refractivity contribution in [2.24, 2.45) is 0 Å². The van der Waals surface area contributed by atoms with E-state index in [1.54, 1.807) is 12.3 Å². The minimum absolute atomic E-state index is 0.00452. The Morgan fingerprint density at radius 2 is 1.81 bits per heavy atom. The molecule has 4 rings (SSSR count). The van der Waals surface area contributed by atoms with E-state index in [-0.39, 0.29) is 11.7 Å². The highest BCUT2D eigenvalue weighted by Gasteiger charge is 2.28. The number of aromatic amines is 1. The summed E-state index contributed by atoms with van der Waals surface area (Å²) in [6.07, 6.45) is 6.00. The Balaban J connectivity index is 1.42. The van der Waals surface area contributed by atoms with E-state index in [2.05, 4.69) is 34.1 Å². The van der Waals surface area contributed by atoms with Crippen molar-refractivity contribution in [2.75, 3.05) is 26.2 Å². The molecule has 2 saturated heterocycles. The summed E-state index contributed by atoms with van der Waals surface area (Å²) in [5, 5.41) is 0. The van der Waals surface area contributed by atoms with Gasteiger partial charge >= 0.3 is 0 Å². The minimum atomic E-state index is 0.00452. The second kappa shape index (κ2) is 7.46. The Kier molecular flexibility index (Phi) is 4.89. The fourth-order valence-electron chi connectivity index (χ4n) is 4.11. The van der Waals surface area contributed by atoms with Gasteiger partial charge in [0.15, 0.2) is 5.78 Å². The van der Waals surface area contributed by atoms with Crippen LogP contribution in [0.5, 0.6) is 0 Å². The van der Waals surface area contributed by atoms with Crippen LogP contribution in [0.4, 0.5) is 0 Å². The van der Waals surface area contributed by atoms with Gasteiger partial charge in [0, 0.05) is 30.9 Å². The van der Waals surface area contributed by atoms with E-state index in [0.29, 0.717) is 23.8 Å². The Labute approximate surface area is 154 Å². The number of amides is 1. The third-order valence-corrected chi connectivity index (χ3v) is 5.52. The average Bonchev–Trinajstić information content (AvgIpc) is 3.42. The normalized spacial score (nSPS) is 20.6. The van der Waals surface area contributed by atoms with Crippen molar-refractivity contribution in [3.8, 4) is 0 Å². The molecule has 26 heavy (non-hydrogen) atoms. The van der Waals surface area contributed by atoms with Crippen LogP contribution in [0.2, 0.25) is 0 Å². The maximum absolute atomic E-state index is 12.7. The van der Waals surface area contributed by atoms with Crippen molar-refractivity contribution in [1.29, 1.82) is 0 Å². The zero-order chi connectivity index (χ0) is 17.9. The average molecular weight is 351 g/mol. The lowest BCUT2D eigenvalue weighted by molar-refractivity contribution is 0.0787. The number of ketones is 1. The number of carbonyl (C=O) groups excluding carboxylic acids is 2. The van der Waals surface area contributed by atoms with Crippen molar-refractivity contribution in [3.05, 3.63) is 59.4 Å². The summed E-state index contributed by atoms with van der Waals surface area (Å²) in [4.78, 5) is 32.3. The summed E-state index contributed by atoms with van der Waals surface area (Å²) in [6, 6.07) is 12.4. The number of nitrogens with zero attached hydrogens (tertiary/aromatic N) is 2. The van der Waals surface area contributed by atoms with Gasteiger partial charge in [0.1, 0.15) is 5.69 Å². The van der Waals surface area contributed by atoms with E-state index in [1.165, 1.54) is 5.56 Å². The summed E-state index contributed by atoms with van der Waals surface area (Å²) in [5.41, 5.74) is 2.40. The minimum Gasteiger partial charge on any atom is -0.356 e. The Hall–Kier alpha value is -2.40. The molecular formula is C21H25N3O2. The van der Waals surface area contributed by atoms with Gasteiger partial charge < -0.3 is 9.88 Å². The number of likely N-dealkylation sites (tertiary alicyclic amines) is 2. The van der Waals surface area contributed by atoms with E-state index in [9.17, 15) is 9.59 Å². The zero-order valence-corrected chi connectivity index (χ0v) is 15.0. The summed E-state index contributed by atoms with van der Waals surface area (Å²) < 4.78 is 0. The molecule has 2 aliphatic heterocycles. The molecule has 0 saturated carbocycles. The first-order valence-electron chi connectivity index (χ1n) is 9.52. The number of carbonyl (C=O) groups is 2. The lowest BCUT2D eigenvalue weighted by atomic mass is 10.0. The Morgan fingerprint density at radius 1 is 1.04 bits per heavy atom. The first kappa shape index (κ1) is 17.0. The lowest BCUT2D eigenvalue weighted by Gasteiger charge is -2.23. The molecule has 136 valence electrons. The molecule has 1 N–H and O–H groups in total. The van der Waals surface area contributed by atoms with Gasteiger partial charge in [0.2, 0.25) is 0 Å². The maximum Gasteiger partial charge on any atom is 0.270 e. The van der Waals surface area contributed by atoms with Gasteiger partial charge in [-0.25, -0.2) is 0 Å².